The molecule has 0 aromatic heterocycles. The van der Waals surface area contributed by atoms with Crippen LogP contribution in [-0.2, 0) is 11.3 Å². The number of fused-ring (bicyclic) bond motifs is 3. The number of rotatable bonds is 5. The quantitative estimate of drug-likeness (QED) is 0.210. The highest BCUT2D eigenvalue weighted by atomic mass is 16.5. The summed E-state index contributed by atoms with van der Waals surface area (Å²) in [6, 6.07) is 14.3. The van der Waals surface area contributed by atoms with Crippen LogP contribution < -0.4 is 4.90 Å². The minimum absolute atomic E-state index is 0.00737. The smallest absolute Gasteiger partial charge is 0.173 e. The molecule has 0 saturated heterocycles. The number of nitrogens with zero attached hydrogens (tertiary/aromatic N) is 2. The number of anilines is 1. The third kappa shape index (κ3) is 6.26. The zero-order valence-corrected chi connectivity index (χ0v) is 18.0. The van der Waals surface area contributed by atoms with Crippen LogP contribution in [0.3, 0.4) is 0 Å². The van der Waals surface area contributed by atoms with E-state index in [2.05, 4.69) is 72.3 Å². The van der Waals surface area contributed by atoms with Gasteiger partial charge in [0, 0.05) is 37.0 Å². The number of ether oxygens (including phenoxy) is 1. The van der Waals surface area contributed by atoms with E-state index in [1.54, 1.807) is 13.2 Å². The van der Waals surface area contributed by atoms with Crippen molar-refractivity contribution in [2.24, 2.45) is 5.11 Å². The second-order valence-corrected chi connectivity index (χ2v) is 6.58. The molecular weight excluding hydrogens is 372 g/mol. The predicted molar refractivity (Wildman–Crippen MR) is 126 cm³/mol. The van der Waals surface area contributed by atoms with Gasteiger partial charge in [0.05, 0.1) is 6.61 Å². The van der Waals surface area contributed by atoms with Gasteiger partial charge in [-0.05, 0) is 43.2 Å². The van der Waals surface area contributed by atoms with Crippen LogP contribution in [0, 0.1) is 23.8 Å². The molecule has 0 bridgehead atoms. The first-order valence-corrected chi connectivity index (χ1v) is 9.54. The minimum atomic E-state index is -0.00737. The van der Waals surface area contributed by atoms with E-state index in [0.29, 0.717) is 12.2 Å². The molecule has 1 aliphatic heterocycles. The number of hydrogen-bond donors (Lipinski definition) is 2. The lowest BCUT2D eigenvalue weighted by molar-refractivity contribution is 0.234. The molecule has 2 aromatic carbocycles. The Morgan fingerprint density at radius 2 is 1.93 bits per heavy atom. The fourth-order valence-electron chi connectivity index (χ4n) is 3.10. The van der Waals surface area contributed by atoms with Gasteiger partial charge in [-0.15, -0.1) is 24.5 Å². The summed E-state index contributed by atoms with van der Waals surface area (Å²) in [6.45, 7) is 10.1. The summed E-state index contributed by atoms with van der Waals surface area (Å²) in [4.78, 5) is 2.36. The van der Waals surface area contributed by atoms with Gasteiger partial charge in [0.25, 0.3) is 0 Å². The molecule has 1 heterocycles. The molecule has 0 unspecified atom stereocenters. The molecule has 0 aliphatic carbocycles. The van der Waals surface area contributed by atoms with Crippen LogP contribution >= 0.6 is 0 Å². The van der Waals surface area contributed by atoms with Crippen LogP contribution in [-0.4, -0.2) is 26.1 Å². The lowest BCUT2D eigenvalue weighted by Gasteiger charge is -2.33. The van der Waals surface area contributed by atoms with E-state index < -0.39 is 0 Å². The monoisotopic (exact) mass is 402 g/mol. The van der Waals surface area contributed by atoms with Crippen molar-refractivity contribution in [3.63, 3.8) is 0 Å². The number of terminal acetylenes is 1. The maximum Gasteiger partial charge on any atom is 0.173 e. The molecule has 0 atom stereocenters. The van der Waals surface area contributed by atoms with Gasteiger partial charge in [0.2, 0.25) is 0 Å². The fraction of sp³-hybridized carbons (Fsp3) is 0.240. The molecule has 2 N–H and O–H groups in total. The largest absolute Gasteiger partial charge is 0.381 e. The van der Waals surface area contributed by atoms with Gasteiger partial charge in [-0.1, -0.05) is 42.0 Å². The van der Waals surface area contributed by atoms with Crippen molar-refractivity contribution in [3.05, 3.63) is 77.9 Å². The molecule has 1 aliphatic rings. The van der Waals surface area contributed by atoms with Gasteiger partial charge in [-0.25, -0.2) is 5.53 Å². The number of benzene rings is 2. The first-order chi connectivity index (χ1) is 14.5. The summed E-state index contributed by atoms with van der Waals surface area (Å²) in [5.74, 6) is -0.00737. The Hall–Kier alpha value is -3.49. The zero-order valence-electron chi connectivity index (χ0n) is 18.0. The highest BCUT2D eigenvalue weighted by molar-refractivity contribution is 5.99. The van der Waals surface area contributed by atoms with Crippen LogP contribution in [0.25, 0.3) is 11.1 Å². The topological polar surface area (TPSA) is 72.5 Å². The molecule has 30 heavy (non-hydrogen) atoms. The summed E-state index contributed by atoms with van der Waals surface area (Å²) in [5.41, 5.74) is 13.9. The third-order valence-electron chi connectivity index (χ3n) is 4.61. The number of allylic oxidation sites excluding steroid dienone is 1. The molecule has 0 fully saturated rings. The molecule has 3 rings (SSSR count). The first-order valence-electron chi connectivity index (χ1n) is 9.54. The molecule has 156 valence electrons. The van der Waals surface area contributed by atoms with Crippen LogP contribution in [0.1, 0.15) is 25.0 Å². The molecule has 5 nitrogen and oxygen atoms in total. The van der Waals surface area contributed by atoms with E-state index in [4.69, 9.17) is 10.9 Å². The molecule has 0 saturated carbocycles. The van der Waals surface area contributed by atoms with E-state index in [0.717, 1.165) is 18.7 Å². The van der Waals surface area contributed by atoms with Gasteiger partial charge < -0.3 is 9.64 Å². The van der Waals surface area contributed by atoms with E-state index in [-0.39, 0.29) is 5.84 Å². The summed E-state index contributed by atoms with van der Waals surface area (Å²) in [6.07, 6.45) is 11.9. The average Bonchev–Trinajstić information content (AvgIpc) is 2.80. The Morgan fingerprint density at radius 1 is 1.23 bits per heavy atom. The van der Waals surface area contributed by atoms with Crippen molar-refractivity contribution < 1.29 is 4.74 Å². The second-order valence-electron chi connectivity index (χ2n) is 6.58. The Bertz CT molecular complexity index is 928. The number of methoxy groups -OCH3 is 1. The van der Waals surface area contributed by atoms with E-state index in [1.807, 2.05) is 24.3 Å². The lowest BCUT2D eigenvalue weighted by Crippen LogP contribution is -2.28. The Balaban J connectivity index is 0.000000565. The molecule has 0 radical (unpaired) electrons. The molecular formula is C25H30N4O. The number of hydrogen-bond acceptors (Lipinski definition) is 4. The maximum absolute atomic E-state index is 7.80. The van der Waals surface area contributed by atoms with Crippen LogP contribution in [0.2, 0.25) is 0 Å². The lowest BCUT2D eigenvalue weighted by atomic mass is 9.91. The van der Waals surface area contributed by atoms with Gasteiger partial charge in [-0.2, -0.15) is 0 Å². The molecule has 0 spiro atoms. The summed E-state index contributed by atoms with van der Waals surface area (Å²) in [7, 11) is 1.64. The summed E-state index contributed by atoms with van der Waals surface area (Å²) < 4.78 is 4.57. The Morgan fingerprint density at radius 3 is 2.50 bits per heavy atom. The van der Waals surface area contributed by atoms with Gasteiger partial charge in [0.15, 0.2) is 5.84 Å². The SMILES string of the molecule is C#C.C/C=C(\C)CN1Cc2ccccc2-c2cc(C(=N)N=N)ccc21.C=CCOC. The van der Waals surface area contributed by atoms with Crippen LogP contribution in [0.5, 0.6) is 0 Å². The Kier molecular flexibility index (Phi) is 10.5. The molecule has 5 heteroatoms. The van der Waals surface area contributed by atoms with Crippen molar-refractivity contribution in [1.82, 2.24) is 0 Å². The van der Waals surface area contributed by atoms with E-state index in [1.165, 1.54) is 22.4 Å². The van der Waals surface area contributed by atoms with E-state index >= 15 is 0 Å². The highest BCUT2D eigenvalue weighted by Gasteiger charge is 2.22. The fourth-order valence-corrected chi connectivity index (χ4v) is 3.10. The molecule has 2 aromatic rings. The number of nitrogens with one attached hydrogen (secondary N) is 2. The zero-order chi connectivity index (χ0) is 22.5. The van der Waals surface area contributed by atoms with Crippen molar-refractivity contribution >= 4 is 11.5 Å². The van der Waals surface area contributed by atoms with Gasteiger partial charge in [0.1, 0.15) is 0 Å². The van der Waals surface area contributed by atoms with Gasteiger partial charge >= 0.3 is 0 Å². The summed E-state index contributed by atoms with van der Waals surface area (Å²) >= 11 is 0. The van der Waals surface area contributed by atoms with Crippen molar-refractivity contribution in [2.75, 3.05) is 25.2 Å². The minimum Gasteiger partial charge on any atom is -0.381 e. The third-order valence-corrected chi connectivity index (χ3v) is 4.61. The highest BCUT2D eigenvalue weighted by Crippen LogP contribution is 2.39. The Labute approximate surface area is 180 Å². The normalized spacial score (nSPS) is 11.5. The first kappa shape index (κ1) is 24.5. The van der Waals surface area contributed by atoms with Gasteiger partial charge in [-0.3, -0.25) is 5.41 Å². The predicted octanol–water partition coefficient (Wildman–Crippen LogP) is 6.06. The van der Waals surface area contributed by atoms with E-state index in [9.17, 15) is 0 Å². The second kappa shape index (κ2) is 12.9. The molecule has 0 amide bonds. The van der Waals surface area contributed by atoms with Crippen molar-refractivity contribution in [2.45, 2.75) is 20.4 Å². The van der Waals surface area contributed by atoms with Crippen molar-refractivity contribution in [1.29, 1.82) is 10.9 Å². The van der Waals surface area contributed by atoms with Crippen molar-refractivity contribution in [3.8, 4) is 24.0 Å². The average molecular weight is 403 g/mol. The number of amidine groups is 1. The standard InChI is InChI=1S/C19H20N4.C4H8O.C2H2/c1-3-13(2)11-23-12-15-6-4-5-7-16(15)17-10-14(19(20)22-21)8-9-18(17)23;1-3-4-5-2;1-2/h3-10,20-21H,11-12H2,1-2H3;3H,1,4H2,2H3;1-2H/b13-3+,20-19?,22-21?;;. The van der Waals surface area contributed by atoms with Crippen LogP contribution in [0.15, 0.2) is 71.9 Å². The van der Waals surface area contributed by atoms with Crippen LogP contribution in [0.4, 0.5) is 5.69 Å². The summed E-state index contributed by atoms with van der Waals surface area (Å²) in [5, 5.41) is 11.1. The maximum atomic E-state index is 7.80.